The largest absolute Gasteiger partial charge is 0.465 e. The molecule has 160 valence electrons. The van der Waals surface area contributed by atoms with Crippen molar-refractivity contribution in [2.45, 2.75) is 13.0 Å². The molecule has 0 N–H and O–H groups in total. The molecule has 3 aromatic heterocycles. The molecule has 0 bridgehead atoms. The first-order valence-electron chi connectivity index (χ1n) is 10.0. The summed E-state index contributed by atoms with van der Waals surface area (Å²) >= 11 is 2.76. The summed E-state index contributed by atoms with van der Waals surface area (Å²) in [6, 6.07) is 16.3. The molecule has 0 saturated carbocycles. The van der Waals surface area contributed by atoms with E-state index in [0.717, 1.165) is 10.4 Å². The standard InChI is InChI=1S/C24H18N2O4S2/c1-2-29-23(28)19-20(15-8-4-3-5-9-15)25-24-26(21(19)17-11-7-13-31-17)22(27)18(32-24)14-16-10-6-12-30-16/h3-14,21H,2H2,1H3/t21-/m1/s1. The third-order valence-electron chi connectivity index (χ3n) is 5.00. The van der Waals surface area contributed by atoms with Gasteiger partial charge in [-0.25, -0.2) is 9.79 Å². The molecule has 1 aromatic carbocycles. The van der Waals surface area contributed by atoms with Gasteiger partial charge in [0, 0.05) is 16.5 Å². The molecule has 0 amide bonds. The van der Waals surface area contributed by atoms with Crippen LogP contribution in [0.25, 0.3) is 11.8 Å². The van der Waals surface area contributed by atoms with E-state index in [1.54, 1.807) is 36.0 Å². The van der Waals surface area contributed by atoms with Gasteiger partial charge in [0.25, 0.3) is 5.56 Å². The topological polar surface area (TPSA) is 73.8 Å². The number of hydrogen-bond donors (Lipinski definition) is 0. The van der Waals surface area contributed by atoms with Crippen LogP contribution in [0.5, 0.6) is 0 Å². The van der Waals surface area contributed by atoms with Crippen molar-refractivity contribution in [3.63, 3.8) is 0 Å². The van der Waals surface area contributed by atoms with Gasteiger partial charge in [-0.3, -0.25) is 9.36 Å². The van der Waals surface area contributed by atoms with Crippen molar-refractivity contribution in [2.75, 3.05) is 6.61 Å². The summed E-state index contributed by atoms with van der Waals surface area (Å²) in [5.74, 6) is 0.102. The van der Waals surface area contributed by atoms with Gasteiger partial charge in [-0.05, 0) is 30.5 Å². The number of hydrogen-bond acceptors (Lipinski definition) is 7. The highest BCUT2D eigenvalue weighted by Crippen LogP contribution is 2.36. The molecule has 4 aromatic rings. The molecular formula is C24H18N2O4S2. The lowest BCUT2D eigenvalue weighted by Crippen LogP contribution is -2.39. The molecule has 1 aliphatic heterocycles. The summed E-state index contributed by atoms with van der Waals surface area (Å²) in [5.41, 5.74) is 1.45. The number of fused-ring (bicyclic) bond motifs is 1. The number of esters is 1. The van der Waals surface area contributed by atoms with Crippen molar-refractivity contribution < 1.29 is 13.9 Å². The Labute approximate surface area is 191 Å². The van der Waals surface area contributed by atoms with Crippen molar-refractivity contribution in [1.29, 1.82) is 0 Å². The summed E-state index contributed by atoms with van der Waals surface area (Å²) in [4.78, 5) is 32.9. The lowest BCUT2D eigenvalue weighted by molar-refractivity contribution is -0.138. The number of carbonyl (C=O) groups excluding carboxylic acids is 1. The van der Waals surface area contributed by atoms with E-state index in [-0.39, 0.29) is 12.2 Å². The van der Waals surface area contributed by atoms with Gasteiger partial charge in [0.2, 0.25) is 0 Å². The Morgan fingerprint density at radius 1 is 1.19 bits per heavy atom. The maximum Gasteiger partial charge on any atom is 0.338 e. The molecule has 4 heterocycles. The maximum absolute atomic E-state index is 13.5. The van der Waals surface area contributed by atoms with E-state index in [1.165, 1.54) is 22.7 Å². The average Bonchev–Trinajstić information content (AvgIpc) is 3.57. The van der Waals surface area contributed by atoms with E-state index >= 15 is 0 Å². The van der Waals surface area contributed by atoms with E-state index in [4.69, 9.17) is 14.1 Å². The highest BCUT2D eigenvalue weighted by atomic mass is 32.1. The maximum atomic E-state index is 13.5. The number of thiazole rings is 1. The minimum absolute atomic E-state index is 0.225. The molecule has 5 rings (SSSR count). The Bertz CT molecular complexity index is 1460. The first kappa shape index (κ1) is 20.4. The number of thiophene rings is 1. The molecule has 1 aliphatic rings. The minimum atomic E-state index is -0.626. The third-order valence-corrected chi connectivity index (χ3v) is 6.91. The zero-order chi connectivity index (χ0) is 22.1. The second-order valence-corrected chi connectivity index (χ2v) is 8.95. The van der Waals surface area contributed by atoms with Gasteiger partial charge in [-0.2, -0.15) is 0 Å². The second kappa shape index (κ2) is 8.57. The molecule has 6 nitrogen and oxygen atoms in total. The van der Waals surface area contributed by atoms with Crippen LogP contribution in [-0.4, -0.2) is 17.1 Å². The fourth-order valence-electron chi connectivity index (χ4n) is 3.66. The van der Waals surface area contributed by atoms with Gasteiger partial charge in [0.05, 0.1) is 28.7 Å². The van der Waals surface area contributed by atoms with Crippen molar-refractivity contribution >= 4 is 40.4 Å². The summed E-state index contributed by atoms with van der Waals surface area (Å²) in [5, 5.41) is 1.93. The van der Waals surface area contributed by atoms with Gasteiger partial charge in [0.1, 0.15) is 11.8 Å². The quantitative estimate of drug-likeness (QED) is 0.425. The fraction of sp³-hybridized carbons (Fsp3) is 0.125. The van der Waals surface area contributed by atoms with Crippen LogP contribution in [0.4, 0.5) is 0 Å². The lowest BCUT2D eigenvalue weighted by atomic mass is 9.97. The van der Waals surface area contributed by atoms with Crippen molar-refractivity contribution in [3.8, 4) is 0 Å². The fourth-order valence-corrected chi connectivity index (χ4v) is 5.46. The summed E-state index contributed by atoms with van der Waals surface area (Å²) < 4.78 is 12.9. The molecular weight excluding hydrogens is 444 g/mol. The van der Waals surface area contributed by atoms with Crippen molar-refractivity contribution in [1.82, 2.24) is 4.57 Å². The van der Waals surface area contributed by atoms with Gasteiger partial charge in [-0.1, -0.05) is 47.7 Å². The van der Waals surface area contributed by atoms with E-state index in [9.17, 15) is 9.59 Å². The smallest absolute Gasteiger partial charge is 0.338 e. The zero-order valence-corrected chi connectivity index (χ0v) is 18.7. The molecule has 0 fully saturated rings. The van der Waals surface area contributed by atoms with Gasteiger partial charge < -0.3 is 9.15 Å². The van der Waals surface area contributed by atoms with Gasteiger partial charge in [0.15, 0.2) is 4.80 Å². The Hall–Kier alpha value is -3.49. The van der Waals surface area contributed by atoms with Crippen LogP contribution in [-0.2, 0) is 9.53 Å². The number of nitrogens with zero attached hydrogens (tertiary/aromatic N) is 2. The monoisotopic (exact) mass is 462 g/mol. The molecule has 0 saturated heterocycles. The Kier molecular flexibility index (Phi) is 5.46. The number of rotatable bonds is 5. The van der Waals surface area contributed by atoms with E-state index < -0.39 is 12.0 Å². The zero-order valence-electron chi connectivity index (χ0n) is 17.1. The van der Waals surface area contributed by atoms with Crippen LogP contribution in [0.2, 0.25) is 0 Å². The summed E-state index contributed by atoms with van der Waals surface area (Å²) in [7, 11) is 0. The van der Waals surface area contributed by atoms with E-state index in [2.05, 4.69) is 0 Å². The summed E-state index contributed by atoms with van der Waals surface area (Å²) in [6.45, 7) is 1.99. The van der Waals surface area contributed by atoms with Gasteiger partial charge in [-0.15, -0.1) is 11.3 Å². The van der Waals surface area contributed by atoms with Crippen molar-refractivity contribution in [2.24, 2.45) is 4.99 Å². The molecule has 0 unspecified atom stereocenters. The lowest BCUT2D eigenvalue weighted by Gasteiger charge is -2.24. The SMILES string of the molecule is CCOC(=O)C1=C(c2ccccc2)N=c2sc(=Cc3ccco3)c(=O)n2[C@@H]1c1cccs1. The van der Waals surface area contributed by atoms with Crippen LogP contribution in [0.1, 0.15) is 29.2 Å². The average molecular weight is 463 g/mol. The predicted molar refractivity (Wildman–Crippen MR) is 124 cm³/mol. The normalized spacial score (nSPS) is 16.0. The molecule has 0 radical (unpaired) electrons. The van der Waals surface area contributed by atoms with Crippen LogP contribution in [0.3, 0.4) is 0 Å². The van der Waals surface area contributed by atoms with Crippen LogP contribution in [0, 0.1) is 0 Å². The molecule has 0 aliphatic carbocycles. The minimum Gasteiger partial charge on any atom is -0.465 e. The highest BCUT2D eigenvalue weighted by molar-refractivity contribution is 7.10. The number of carbonyl (C=O) groups is 1. The molecule has 0 spiro atoms. The molecule has 1 atom stereocenters. The Morgan fingerprint density at radius 3 is 2.72 bits per heavy atom. The van der Waals surface area contributed by atoms with Crippen LogP contribution in [0.15, 0.2) is 86.0 Å². The number of furan rings is 1. The first-order valence-corrected chi connectivity index (χ1v) is 11.7. The summed E-state index contributed by atoms with van der Waals surface area (Å²) in [6.07, 6.45) is 3.26. The van der Waals surface area contributed by atoms with E-state index in [1.807, 2.05) is 47.8 Å². The number of aromatic nitrogens is 1. The number of ether oxygens (including phenoxy) is 1. The Balaban J connectivity index is 1.83. The van der Waals surface area contributed by atoms with E-state index in [0.29, 0.717) is 26.4 Å². The Morgan fingerprint density at radius 2 is 2.03 bits per heavy atom. The van der Waals surface area contributed by atoms with Gasteiger partial charge >= 0.3 is 5.97 Å². The first-order chi connectivity index (χ1) is 15.7. The van der Waals surface area contributed by atoms with Crippen LogP contribution < -0.4 is 14.9 Å². The molecule has 32 heavy (non-hydrogen) atoms. The second-order valence-electron chi connectivity index (χ2n) is 6.96. The highest BCUT2D eigenvalue weighted by Gasteiger charge is 2.35. The van der Waals surface area contributed by atoms with Crippen molar-refractivity contribution in [3.05, 3.63) is 108 Å². The number of benzene rings is 1. The molecule has 8 heteroatoms. The van der Waals surface area contributed by atoms with Crippen LogP contribution >= 0.6 is 22.7 Å². The predicted octanol–water partition coefficient (Wildman–Crippen LogP) is 3.59. The third kappa shape index (κ3) is 3.57.